The maximum absolute atomic E-state index is 11.0. The number of hydrogen-bond acceptors (Lipinski definition) is 2. The van der Waals surface area contributed by atoms with E-state index in [9.17, 15) is 9.90 Å². The van der Waals surface area contributed by atoms with Gasteiger partial charge in [-0.25, -0.2) is 0 Å². The molecule has 72 valence electrons. The molecule has 0 aliphatic carbocycles. The van der Waals surface area contributed by atoms with E-state index in [0.717, 1.165) is 19.3 Å². The highest BCUT2D eigenvalue weighted by Gasteiger charge is 2.32. The summed E-state index contributed by atoms with van der Waals surface area (Å²) in [5.41, 5.74) is -1.13. The molecule has 12 heavy (non-hydrogen) atoms. The number of carbonyl (C=O) groups excluding carboxylic acids is 1. The number of hydrogen-bond donors (Lipinski definition) is 1. The first-order valence-corrected chi connectivity index (χ1v) is 4.66. The number of rotatable bonds is 5. The van der Waals surface area contributed by atoms with Crippen LogP contribution >= 0.6 is 0 Å². The molecule has 2 unspecified atom stereocenters. The quantitative estimate of drug-likeness (QED) is 0.690. The smallest absolute Gasteiger partial charge is 0.161 e. The van der Waals surface area contributed by atoms with E-state index in [0.29, 0.717) is 0 Å². The molecule has 0 bridgehead atoms. The van der Waals surface area contributed by atoms with Crippen LogP contribution in [0.5, 0.6) is 0 Å². The number of ketones is 1. The van der Waals surface area contributed by atoms with E-state index in [-0.39, 0.29) is 11.7 Å². The molecule has 0 aromatic heterocycles. The average molecular weight is 172 g/mol. The van der Waals surface area contributed by atoms with Gasteiger partial charge >= 0.3 is 0 Å². The highest BCUT2D eigenvalue weighted by Crippen LogP contribution is 2.22. The summed E-state index contributed by atoms with van der Waals surface area (Å²) in [6.45, 7) is 7.09. The van der Waals surface area contributed by atoms with Crippen LogP contribution in [0.1, 0.15) is 47.0 Å². The molecular formula is C10H20O2. The molecular weight excluding hydrogens is 152 g/mol. The molecule has 1 N–H and O–H groups in total. The summed E-state index contributed by atoms with van der Waals surface area (Å²) in [6, 6.07) is 0. The molecule has 0 saturated heterocycles. The van der Waals surface area contributed by atoms with Crippen molar-refractivity contribution in [2.45, 2.75) is 52.6 Å². The third kappa shape index (κ3) is 2.94. The summed E-state index contributed by atoms with van der Waals surface area (Å²) < 4.78 is 0. The fourth-order valence-electron chi connectivity index (χ4n) is 1.14. The predicted octanol–water partition coefficient (Wildman–Crippen LogP) is 2.15. The van der Waals surface area contributed by atoms with E-state index >= 15 is 0 Å². The van der Waals surface area contributed by atoms with Gasteiger partial charge < -0.3 is 5.11 Å². The van der Waals surface area contributed by atoms with E-state index in [1.807, 2.05) is 6.92 Å². The van der Waals surface area contributed by atoms with Gasteiger partial charge in [0, 0.05) is 0 Å². The van der Waals surface area contributed by atoms with Crippen molar-refractivity contribution in [1.82, 2.24) is 0 Å². The Labute approximate surface area is 75.0 Å². The van der Waals surface area contributed by atoms with Gasteiger partial charge in [0.2, 0.25) is 0 Å². The first-order valence-electron chi connectivity index (χ1n) is 4.66. The summed E-state index contributed by atoms with van der Waals surface area (Å²) in [6.07, 6.45) is 3.10. The highest BCUT2D eigenvalue weighted by atomic mass is 16.3. The van der Waals surface area contributed by atoms with Crippen LogP contribution in [0.2, 0.25) is 0 Å². The molecule has 0 aliphatic rings. The fraction of sp³-hybridized carbons (Fsp3) is 0.900. The molecule has 0 fully saturated rings. The SMILES string of the molecule is CCCCC(C)C(C)(O)C(C)=O. The summed E-state index contributed by atoms with van der Waals surface area (Å²) in [5.74, 6) is -0.0685. The van der Waals surface area contributed by atoms with Crippen LogP contribution in [-0.2, 0) is 4.79 Å². The van der Waals surface area contributed by atoms with Crippen molar-refractivity contribution in [3.05, 3.63) is 0 Å². The van der Waals surface area contributed by atoms with Crippen LogP contribution in [0, 0.1) is 5.92 Å². The van der Waals surface area contributed by atoms with Crippen LogP contribution in [0.15, 0.2) is 0 Å². The molecule has 0 spiro atoms. The minimum Gasteiger partial charge on any atom is -0.382 e. The van der Waals surface area contributed by atoms with E-state index in [4.69, 9.17) is 0 Å². The Bertz CT molecular complexity index is 150. The van der Waals surface area contributed by atoms with Gasteiger partial charge in [-0.2, -0.15) is 0 Å². The topological polar surface area (TPSA) is 37.3 Å². The molecule has 0 saturated carbocycles. The first-order chi connectivity index (χ1) is 5.42. The van der Waals surface area contributed by atoms with Crippen LogP contribution in [0.25, 0.3) is 0 Å². The van der Waals surface area contributed by atoms with E-state index < -0.39 is 5.60 Å². The number of carbonyl (C=O) groups is 1. The Hall–Kier alpha value is -0.370. The third-order valence-corrected chi connectivity index (χ3v) is 2.66. The molecule has 0 rings (SSSR count). The fourth-order valence-corrected chi connectivity index (χ4v) is 1.14. The van der Waals surface area contributed by atoms with Gasteiger partial charge in [0.25, 0.3) is 0 Å². The summed E-state index contributed by atoms with van der Waals surface area (Å²) in [7, 11) is 0. The molecule has 0 aromatic carbocycles. The average Bonchev–Trinajstić information content (AvgIpc) is 1.99. The monoisotopic (exact) mass is 172 g/mol. The lowest BCUT2D eigenvalue weighted by Crippen LogP contribution is -2.40. The van der Waals surface area contributed by atoms with Gasteiger partial charge in [-0.1, -0.05) is 26.7 Å². The summed E-state index contributed by atoms with van der Waals surface area (Å²) >= 11 is 0. The van der Waals surface area contributed by atoms with Gasteiger partial charge in [-0.15, -0.1) is 0 Å². The zero-order chi connectivity index (χ0) is 9.78. The normalized spacial score (nSPS) is 18.4. The lowest BCUT2D eigenvalue weighted by molar-refractivity contribution is -0.138. The van der Waals surface area contributed by atoms with Crippen molar-refractivity contribution >= 4 is 5.78 Å². The van der Waals surface area contributed by atoms with Gasteiger partial charge in [-0.3, -0.25) is 4.79 Å². The molecule has 0 amide bonds. The minimum absolute atomic E-state index is 0.0648. The van der Waals surface area contributed by atoms with Crippen molar-refractivity contribution in [2.75, 3.05) is 0 Å². The molecule has 2 atom stereocenters. The second-order valence-corrected chi connectivity index (χ2v) is 3.75. The van der Waals surface area contributed by atoms with E-state index in [2.05, 4.69) is 6.92 Å². The first kappa shape index (κ1) is 11.6. The number of Topliss-reactive ketones (excluding diaryl/α,β-unsaturated/α-hetero) is 1. The van der Waals surface area contributed by atoms with Crippen molar-refractivity contribution in [1.29, 1.82) is 0 Å². The van der Waals surface area contributed by atoms with Crippen LogP contribution in [-0.4, -0.2) is 16.5 Å². The Kier molecular flexibility index (Phi) is 4.46. The molecule has 0 aliphatic heterocycles. The van der Waals surface area contributed by atoms with Crippen LogP contribution in [0.4, 0.5) is 0 Å². The largest absolute Gasteiger partial charge is 0.382 e. The third-order valence-electron chi connectivity index (χ3n) is 2.66. The predicted molar refractivity (Wildman–Crippen MR) is 50.0 cm³/mol. The zero-order valence-electron chi connectivity index (χ0n) is 8.55. The second-order valence-electron chi connectivity index (χ2n) is 3.75. The lowest BCUT2D eigenvalue weighted by Gasteiger charge is -2.27. The lowest BCUT2D eigenvalue weighted by atomic mass is 9.84. The van der Waals surface area contributed by atoms with Gasteiger partial charge in [0.05, 0.1) is 0 Å². The number of aliphatic hydroxyl groups is 1. The Morgan fingerprint density at radius 3 is 2.42 bits per heavy atom. The molecule has 0 radical (unpaired) electrons. The summed E-state index contributed by atoms with van der Waals surface area (Å²) in [4.78, 5) is 11.0. The van der Waals surface area contributed by atoms with Gasteiger partial charge in [-0.05, 0) is 26.2 Å². The molecule has 0 heterocycles. The Morgan fingerprint density at radius 1 is 1.58 bits per heavy atom. The molecule has 0 aromatic rings. The maximum atomic E-state index is 11.0. The zero-order valence-corrected chi connectivity index (χ0v) is 8.55. The van der Waals surface area contributed by atoms with Gasteiger partial charge in [0.15, 0.2) is 5.78 Å². The van der Waals surface area contributed by atoms with Crippen molar-refractivity contribution in [3.63, 3.8) is 0 Å². The maximum Gasteiger partial charge on any atom is 0.161 e. The highest BCUT2D eigenvalue weighted by molar-refractivity contribution is 5.84. The molecule has 2 nitrogen and oxygen atoms in total. The minimum atomic E-state index is -1.13. The van der Waals surface area contributed by atoms with E-state index in [1.54, 1.807) is 6.92 Å². The van der Waals surface area contributed by atoms with Crippen LogP contribution in [0.3, 0.4) is 0 Å². The van der Waals surface area contributed by atoms with E-state index in [1.165, 1.54) is 6.92 Å². The number of unbranched alkanes of at least 4 members (excludes halogenated alkanes) is 1. The van der Waals surface area contributed by atoms with Gasteiger partial charge in [0.1, 0.15) is 5.60 Å². The van der Waals surface area contributed by atoms with Crippen molar-refractivity contribution < 1.29 is 9.90 Å². The van der Waals surface area contributed by atoms with Crippen molar-refractivity contribution in [3.8, 4) is 0 Å². The summed E-state index contributed by atoms with van der Waals surface area (Å²) in [5, 5.41) is 9.74. The van der Waals surface area contributed by atoms with Crippen LogP contribution < -0.4 is 0 Å². The molecule has 2 heteroatoms. The van der Waals surface area contributed by atoms with Crippen molar-refractivity contribution in [2.24, 2.45) is 5.92 Å². The Balaban J connectivity index is 4.06. The second kappa shape index (κ2) is 4.61. The Morgan fingerprint density at radius 2 is 2.08 bits per heavy atom. The standard InChI is InChI=1S/C10H20O2/c1-5-6-7-8(2)10(4,12)9(3)11/h8,12H,5-7H2,1-4H3.